The Morgan fingerprint density at radius 3 is 2.52 bits per heavy atom. The van der Waals surface area contributed by atoms with Crippen molar-refractivity contribution in [1.29, 1.82) is 0 Å². The van der Waals surface area contributed by atoms with E-state index >= 15 is 0 Å². The van der Waals surface area contributed by atoms with Crippen molar-refractivity contribution in [3.8, 4) is 5.75 Å². The number of methoxy groups -OCH3 is 1. The van der Waals surface area contributed by atoms with Crippen molar-refractivity contribution in [3.63, 3.8) is 0 Å². The lowest BCUT2D eigenvalue weighted by molar-refractivity contribution is 0.189. The van der Waals surface area contributed by atoms with Crippen molar-refractivity contribution in [2.75, 3.05) is 40.3 Å². The highest BCUT2D eigenvalue weighted by atomic mass is 16.5. The predicted molar refractivity (Wildman–Crippen MR) is 105 cm³/mol. The monoisotopic (exact) mass is 346 g/mol. The molecule has 1 aromatic carbocycles. The van der Waals surface area contributed by atoms with Gasteiger partial charge in [-0.15, -0.1) is 0 Å². The molecule has 5 nitrogen and oxygen atoms in total. The minimum Gasteiger partial charge on any atom is -0.497 e. The van der Waals surface area contributed by atoms with Crippen molar-refractivity contribution in [2.45, 2.75) is 39.2 Å². The van der Waals surface area contributed by atoms with Crippen molar-refractivity contribution in [3.05, 3.63) is 29.8 Å². The zero-order chi connectivity index (χ0) is 17.9. The highest BCUT2D eigenvalue weighted by Gasteiger charge is 2.14. The summed E-state index contributed by atoms with van der Waals surface area (Å²) < 4.78 is 5.18. The Kier molecular flexibility index (Phi) is 8.60. The molecule has 0 aromatic heterocycles. The number of nitrogens with zero attached hydrogens (tertiary/aromatic N) is 2. The summed E-state index contributed by atoms with van der Waals surface area (Å²) in [6.07, 6.45) is 5.15. The molecule has 1 aromatic rings. The second-order valence-electron chi connectivity index (χ2n) is 6.93. The number of benzene rings is 1. The molecule has 5 heteroatoms. The van der Waals surface area contributed by atoms with Crippen LogP contribution in [0.15, 0.2) is 29.3 Å². The van der Waals surface area contributed by atoms with Gasteiger partial charge in [0.25, 0.3) is 0 Å². The smallest absolute Gasteiger partial charge is 0.191 e. The van der Waals surface area contributed by atoms with E-state index in [1.807, 2.05) is 19.2 Å². The summed E-state index contributed by atoms with van der Waals surface area (Å²) in [7, 11) is 3.50. The van der Waals surface area contributed by atoms with E-state index in [1.54, 1.807) is 7.11 Å². The average molecular weight is 347 g/mol. The Labute approximate surface area is 152 Å². The summed E-state index contributed by atoms with van der Waals surface area (Å²) in [4.78, 5) is 6.90. The van der Waals surface area contributed by atoms with E-state index in [0.29, 0.717) is 0 Å². The van der Waals surface area contributed by atoms with Gasteiger partial charge in [-0.2, -0.15) is 0 Å². The van der Waals surface area contributed by atoms with Crippen molar-refractivity contribution in [1.82, 2.24) is 15.5 Å². The van der Waals surface area contributed by atoms with E-state index in [2.05, 4.69) is 39.6 Å². The van der Waals surface area contributed by atoms with Crippen LogP contribution in [-0.2, 0) is 6.54 Å². The van der Waals surface area contributed by atoms with Gasteiger partial charge in [0, 0.05) is 20.1 Å². The summed E-state index contributed by atoms with van der Waals surface area (Å²) in [6.45, 7) is 7.87. The van der Waals surface area contributed by atoms with Gasteiger partial charge in [0.15, 0.2) is 5.96 Å². The molecule has 2 N–H and O–H groups in total. The average Bonchev–Trinajstić information content (AvgIpc) is 2.66. The highest BCUT2D eigenvalue weighted by Crippen LogP contribution is 2.16. The predicted octanol–water partition coefficient (Wildman–Crippen LogP) is 2.87. The number of aliphatic imine (C=N–C) groups is 1. The third kappa shape index (κ3) is 7.34. The summed E-state index contributed by atoms with van der Waals surface area (Å²) >= 11 is 0. The number of piperidine rings is 1. The van der Waals surface area contributed by atoms with Gasteiger partial charge in [0.05, 0.1) is 7.11 Å². The van der Waals surface area contributed by atoms with E-state index in [0.717, 1.165) is 30.7 Å². The molecular formula is C20H34N4O. The van der Waals surface area contributed by atoms with Crippen LogP contribution >= 0.6 is 0 Å². The summed E-state index contributed by atoms with van der Waals surface area (Å²) in [6, 6.07) is 8.10. The van der Waals surface area contributed by atoms with Crippen molar-refractivity contribution < 1.29 is 4.74 Å². The third-order valence-corrected chi connectivity index (χ3v) is 4.91. The molecule has 0 aliphatic carbocycles. The number of hydrogen-bond acceptors (Lipinski definition) is 3. The largest absolute Gasteiger partial charge is 0.497 e. The van der Waals surface area contributed by atoms with E-state index in [-0.39, 0.29) is 0 Å². The second kappa shape index (κ2) is 11.0. The standard InChI is InChI=1S/C20H34N4O/c1-17-10-14-24(15-11-17)13-5-4-12-22-20(21-2)23-16-18-6-8-19(25-3)9-7-18/h6-9,17H,4-5,10-16H2,1-3H3,(H2,21,22,23). The number of rotatable bonds is 8. The lowest BCUT2D eigenvalue weighted by Gasteiger charge is -2.30. The fourth-order valence-electron chi connectivity index (χ4n) is 3.10. The van der Waals surface area contributed by atoms with E-state index < -0.39 is 0 Å². The molecule has 140 valence electrons. The Balaban J connectivity index is 1.57. The quantitative estimate of drug-likeness (QED) is 0.432. The van der Waals surface area contributed by atoms with Crippen LogP contribution in [0.25, 0.3) is 0 Å². The van der Waals surface area contributed by atoms with Gasteiger partial charge in [-0.1, -0.05) is 19.1 Å². The number of guanidine groups is 1. The molecule has 1 aliphatic heterocycles. The maximum atomic E-state index is 5.18. The minimum absolute atomic E-state index is 0.760. The Hall–Kier alpha value is -1.75. The Morgan fingerprint density at radius 1 is 1.16 bits per heavy atom. The number of nitrogens with one attached hydrogen (secondary N) is 2. The molecule has 1 saturated heterocycles. The Bertz CT molecular complexity index is 507. The van der Waals surface area contributed by atoms with Crippen LogP contribution in [0.3, 0.4) is 0 Å². The van der Waals surface area contributed by atoms with Gasteiger partial charge >= 0.3 is 0 Å². The van der Waals surface area contributed by atoms with E-state index in [1.165, 1.54) is 50.9 Å². The fourth-order valence-corrected chi connectivity index (χ4v) is 3.10. The van der Waals surface area contributed by atoms with Gasteiger partial charge in [-0.25, -0.2) is 0 Å². The first-order chi connectivity index (χ1) is 12.2. The summed E-state index contributed by atoms with van der Waals surface area (Å²) in [5.74, 6) is 2.66. The van der Waals surface area contributed by atoms with Crippen LogP contribution in [0.5, 0.6) is 5.75 Å². The molecule has 0 spiro atoms. The van der Waals surface area contributed by atoms with Crippen molar-refractivity contribution in [2.24, 2.45) is 10.9 Å². The number of hydrogen-bond donors (Lipinski definition) is 2. The van der Waals surface area contributed by atoms with E-state index in [9.17, 15) is 0 Å². The molecule has 0 amide bonds. The lowest BCUT2D eigenvalue weighted by Crippen LogP contribution is -2.38. The molecule has 2 rings (SSSR count). The Morgan fingerprint density at radius 2 is 1.88 bits per heavy atom. The topological polar surface area (TPSA) is 48.9 Å². The van der Waals surface area contributed by atoms with E-state index in [4.69, 9.17) is 4.74 Å². The molecule has 1 heterocycles. The number of ether oxygens (including phenoxy) is 1. The molecule has 0 radical (unpaired) electrons. The first kappa shape index (κ1) is 19.6. The maximum absolute atomic E-state index is 5.18. The lowest BCUT2D eigenvalue weighted by atomic mass is 9.99. The molecule has 0 unspecified atom stereocenters. The molecule has 25 heavy (non-hydrogen) atoms. The molecule has 1 aliphatic rings. The third-order valence-electron chi connectivity index (χ3n) is 4.91. The van der Waals surface area contributed by atoms with Crippen LogP contribution in [0.2, 0.25) is 0 Å². The maximum Gasteiger partial charge on any atom is 0.191 e. The fraction of sp³-hybridized carbons (Fsp3) is 0.650. The van der Waals surface area contributed by atoms with Crippen LogP contribution in [-0.4, -0.2) is 51.2 Å². The van der Waals surface area contributed by atoms with Gasteiger partial charge < -0.3 is 20.3 Å². The molecule has 0 atom stereocenters. The van der Waals surface area contributed by atoms with Crippen molar-refractivity contribution >= 4 is 5.96 Å². The molecule has 1 fully saturated rings. The first-order valence-electron chi connectivity index (χ1n) is 9.51. The van der Waals surface area contributed by atoms with Gasteiger partial charge in [-0.3, -0.25) is 4.99 Å². The zero-order valence-electron chi connectivity index (χ0n) is 16.1. The number of unbranched alkanes of at least 4 members (excludes halogenated alkanes) is 1. The van der Waals surface area contributed by atoms with Crippen LogP contribution in [0, 0.1) is 5.92 Å². The van der Waals surface area contributed by atoms with Crippen LogP contribution in [0.1, 0.15) is 38.2 Å². The zero-order valence-corrected chi connectivity index (χ0v) is 16.1. The number of likely N-dealkylation sites (tertiary alicyclic amines) is 1. The van der Waals surface area contributed by atoms with Crippen LogP contribution in [0.4, 0.5) is 0 Å². The van der Waals surface area contributed by atoms with Gasteiger partial charge in [-0.05, 0) is 68.9 Å². The normalized spacial score (nSPS) is 16.7. The first-order valence-corrected chi connectivity index (χ1v) is 9.51. The molecule has 0 saturated carbocycles. The molecular weight excluding hydrogens is 312 g/mol. The van der Waals surface area contributed by atoms with Gasteiger partial charge in [0.2, 0.25) is 0 Å². The van der Waals surface area contributed by atoms with Crippen LogP contribution < -0.4 is 15.4 Å². The second-order valence-corrected chi connectivity index (χ2v) is 6.93. The summed E-state index contributed by atoms with van der Waals surface area (Å²) in [5.41, 5.74) is 1.21. The highest BCUT2D eigenvalue weighted by molar-refractivity contribution is 5.79. The molecule has 0 bridgehead atoms. The summed E-state index contributed by atoms with van der Waals surface area (Å²) in [5, 5.41) is 6.76. The SMILES string of the molecule is CN=C(NCCCCN1CCC(C)CC1)NCc1ccc(OC)cc1. The van der Waals surface area contributed by atoms with Gasteiger partial charge in [0.1, 0.15) is 5.75 Å². The minimum atomic E-state index is 0.760.